The second kappa shape index (κ2) is 4.37. The van der Waals surface area contributed by atoms with Gasteiger partial charge in [-0.25, -0.2) is 0 Å². The van der Waals surface area contributed by atoms with Gasteiger partial charge in [0.05, 0.1) is 6.10 Å². The number of hydrogen-bond donors (Lipinski definition) is 1. The molecule has 0 amide bonds. The first-order chi connectivity index (χ1) is 4.09. The van der Waals surface area contributed by atoms with Crippen molar-refractivity contribution in [2.75, 3.05) is 0 Å². The lowest BCUT2D eigenvalue weighted by molar-refractivity contribution is 0.127. The Morgan fingerprint density at radius 2 is 1.89 bits per heavy atom. The molecule has 0 radical (unpaired) electrons. The molecule has 0 bridgehead atoms. The molecule has 0 aliphatic rings. The lowest BCUT2D eigenvalue weighted by atomic mass is 10.0. The summed E-state index contributed by atoms with van der Waals surface area (Å²) in [6.07, 6.45) is 0.315. The lowest BCUT2D eigenvalue weighted by Crippen LogP contribution is -2.23. The van der Waals surface area contributed by atoms with E-state index < -0.39 is 10.9 Å². The lowest BCUT2D eigenvalue weighted by Gasteiger charge is -2.17. The van der Waals surface area contributed by atoms with Crippen LogP contribution < -0.4 is 0 Å². The predicted octanol–water partition coefficient (Wildman–Crippen LogP) is 2.20. The van der Waals surface area contributed by atoms with E-state index in [1.165, 1.54) is 0 Å². The molecule has 0 aliphatic heterocycles. The molecule has 0 fully saturated rings. The van der Waals surface area contributed by atoms with Crippen molar-refractivity contribution in [1.82, 2.24) is 0 Å². The van der Waals surface area contributed by atoms with Crippen LogP contribution in [-0.2, 0) is 0 Å². The molecule has 0 rings (SSSR count). The van der Waals surface area contributed by atoms with E-state index >= 15 is 0 Å². The highest BCUT2D eigenvalue weighted by molar-refractivity contribution is 6.44. The van der Waals surface area contributed by atoms with Gasteiger partial charge in [0.2, 0.25) is 0 Å². The maximum atomic E-state index is 9.13. The highest BCUT2D eigenvalue weighted by atomic mass is 35.5. The zero-order chi connectivity index (χ0) is 7.44. The molecule has 56 valence electrons. The first-order valence-corrected chi connectivity index (χ1v) is 3.93. The molecule has 1 N–H and O–H groups in total. The zero-order valence-electron chi connectivity index (χ0n) is 5.64. The highest BCUT2D eigenvalue weighted by Crippen LogP contribution is 2.17. The van der Waals surface area contributed by atoms with E-state index in [9.17, 15) is 0 Å². The van der Waals surface area contributed by atoms with Crippen LogP contribution in [0.25, 0.3) is 0 Å². The predicted molar refractivity (Wildman–Crippen MR) is 41.0 cm³/mol. The van der Waals surface area contributed by atoms with E-state index in [4.69, 9.17) is 28.3 Å². The number of aliphatic hydroxyl groups is 1. The summed E-state index contributed by atoms with van der Waals surface area (Å²) in [5, 5.41) is 9.13. The number of rotatable bonds is 3. The minimum atomic E-state index is -0.653. The largest absolute Gasteiger partial charge is 0.390 e. The summed E-state index contributed by atoms with van der Waals surface area (Å²) in [6, 6.07) is 0. The molecule has 0 aromatic heterocycles. The molecule has 9 heavy (non-hydrogen) atoms. The van der Waals surface area contributed by atoms with Gasteiger partial charge in [-0.1, -0.05) is 20.3 Å². The summed E-state index contributed by atoms with van der Waals surface area (Å²) < 4.78 is 0. The third-order valence-corrected chi connectivity index (χ3v) is 2.00. The topological polar surface area (TPSA) is 20.2 Å². The summed E-state index contributed by atoms with van der Waals surface area (Å²) in [4.78, 5) is -0.653. The van der Waals surface area contributed by atoms with Crippen LogP contribution in [0.15, 0.2) is 0 Å². The van der Waals surface area contributed by atoms with Gasteiger partial charge in [-0.3, -0.25) is 0 Å². The van der Waals surface area contributed by atoms with Crippen LogP contribution >= 0.6 is 23.2 Å². The van der Waals surface area contributed by atoms with Crippen molar-refractivity contribution < 1.29 is 5.11 Å². The number of alkyl halides is 2. The van der Waals surface area contributed by atoms with Crippen molar-refractivity contribution >= 4 is 23.2 Å². The molecule has 0 spiro atoms. The van der Waals surface area contributed by atoms with Gasteiger partial charge in [0.25, 0.3) is 0 Å². The molecule has 0 aromatic rings. The monoisotopic (exact) mass is 170 g/mol. The molecular weight excluding hydrogens is 159 g/mol. The van der Waals surface area contributed by atoms with Crippen molar-refractivity contribution in [2.45, 2.75) is 31.2 Å². The van der Waals surface area contributed by atoms with Crippen LogP contribution in [0.1, 0.15) is 20.3 Å². The molecule has 0 saturated carbocycles. The summed E-state index contributed by atoms with van der Waals surface area (Å²) >= 11 is 10.8. The molecule has 0 aromatic carbocycles. The normalized spacial score (nSPS) is 18.0. The quantitative estimate of drug-likeness (QED) is 0.645. The third-order valence-electron chi connectivity index (χ3n) is 1.49. The molecule has 0 saturated heterocycles. The molecular formula is C6H12Cl2O. The number of halogens is 2. The smallest absolute Gasteiger partial charge is 0.133 e. The van der Waals surface area contributed by atoms with Crippen LogP contribution in [-0.4, -0.2) is 16.0 Å². The Hall–Kier alpha value is 0.540. The van der Waals surface area contributed by atoms with Gasteiger partial charge < -0.3 is 5.11 Å². The van der Waals surface area contributed by atoms with Crippen LogP contribution in [0.5, 0.6) is 0 Å². The van der Waals surface area contributed by atoms with E-state index in [1.54, 1.807) is 0 Å². The third kappa shape index (κ3) is 3.29. The number of hydrogen-bond acceptors (Lipinski definition) is 1. The maximum absolute atomic E-state index is 9.13. The average molecular weight is 171 g/mol. The summed E-state index contributed by atoms with van der Waals surface area (Å²) in [5.41, 5.74) is 0. The van der Waals surface area contributed by atoms with Crippen LogP contribution in [0, 0.1) is 5.92 Å². The first kappa shape index (κ1) is 9.54. The Labute approximate surface area is 66.0 Å². The summed E-state index contributed by atoms with van der Waals surface area (Å²) in [6.45, 7) is 3.91. The SMILES string of the molecule is CCC(C)C(O)C(Cl)Cl. The molecule has 0 aliphatic carbocycles. The van der Waals surface area contributed by atoms with Crippen LogP contribution in [0.4, 0.5) is 0 Å². The van der Waals surface area contributed by atoms with E-state index in [0.717, 1.165) is 6.42 Å². The Balaban J connectivity index is 3.58. The van der Waals surface area contributed by atoms with Gasteiger partial charge in [0.15, 0.2) is 0 Å². The first-order valence-electron chi connectivity index (χ1n) is 3.05. The fraction of sp³-hybridized carbons (Fsp3) is 1.00. The zero-order valence-corrected chi connectivity index (χ0v) is 7.15. The average Bonchev–Trinajstić information content (AvgIpc) is 1.84. The Morgan fingerprint density at radius 3 is 2.00 bits per heavy atom. The minimum absolute atomic E-state index is 0.185. The Morgan fingerprint density at radius 1 is 1.44 bits per heavy atom. The fourth-order valence-electron chi connectivity index (χ4n) is 0.490. The molecule has 3 heteroatoms. The van der Waals surface area contributed by atoms with Crippen molar-refractivity contribution in [2.24, 2.45) is 5.92 Å². The summed E-state index contributed by atoms with van der Waals surface area (Å²) in [7, 11) is 0. The van der Waals surface area contributed by atoms with Gasteiger partial charge in [-0.05, 0) is 5.92 Å². The van der Waals surface area contributed by atoms with Gasteiger partial charge in [-0.15, -0.1) is 23.2 Å². The van der Waals surface area contributed by atoms with E-state index in [1.807, 2.05) is 13.8 Å². The fourth-order valence-corrected chi connectivity index (χ4v) is 0.987. The van der Waals surface area contributed by atoms with Crippen LogP contribution in [0.3, 0.4) is 0 Å². The minimum Gasteiger partial charge on any atom is -0.390 e. The number of aliphatic hydroxyl groups excluding tert-OH is 1. The second-order valence-electron chi connectivity index (χ2n) is 2.21. The molecule has 1 nitrogen and oxygen atoms in total. The van der Waals surface area contributed by atoms with Crippen LogP contribution in [0.2, 0.25) is 0 Å². The van der Waals surface area contributed by atoms with Gasteiger partial charge in [-0.2, -0.15) is 0 Å². The van der Waals surface area contributed by atoms with Crippen molar-refractivity contribution in [3.63, 3.8) is 0 Å². The maximum Gasteiger partial charge on any atom is 0.133 e. The highest BCUT2D eigenvalue weighted by Gasteiger charge is 2.18. The molecule has 2 unspecified atom stereocenters. The second-order valence-corrected chi connectivity index (χ2v) is 3.37. The van der Waals surface area contributed by atoms with Gasteiger partial charge in [0.1, 0.15) is 4.84 Å². The Bertz CT molecular complexity index is 75.5. The van der Waals surface area contributed by atoms with Crippen molar-refractivity contribution in [1.29, 1.82) is 0 Å². The molecule has 0 heterocycles. The standard InChI is InChI=1S/C6H12Cl2O/c1-3-4(2)5(9)6(7)8/h4-6,9H,3H2,1-2H3. The van der Waals surface area contributed by atoms with E-state index in [2.05, 4.69) is 0 Å². The van der Waals surface area contributed by atoms with E-state index in [-0.39, 0.29) is 5.92 Å². The van der Waals surface area contributed by atoms with Gasteiger partial charge in [0, 0.05) is 0 Å². The van der Waals surface area contributed by atoms with Crippen molar-refractivity contribution in [3.05, 3.63) is 0 Å². The van der Waals surface area contributed by atoms with Gasteiger partial charge >= 0.3 is 0 Å². The van der Waals surface area contributed by atoms with Crippen molar-refractivity contribution in [3.8, 4) is 0 Å². The van der Waals surface area contributed by atoms with E-state index in [0.29, 0.717) is 0 Å². The summed E-state index contributed by atoms with van der Waals surface area (Å²) in [5.74, 6) is 0.185. The molecule has 2 atom stereocenters. The Kier molecular flexibility index (Phi) is 4.63.